The molecule has 0 saturated heterocycles. The number of amides is 1. The molecule has 0 saturated carbocycles. The second-order valence-corrected chi connectivity index (χ2v) is 4.72. The van der Waals surface area contributed by atoms with E-state index in [-0.39, 0.29) is 12.3 Å². The molecule has 3 aromatic rings. The predicted octanol–water partition coefficient (Wildman–Crippen LogP) is 0.315. The van der Waals surface area contributed by atoms with Gasteiger partial charge in [-0.05, 0) is 24.3 Å². The Morgan fingerprint density at radius 1 is 1.21 bits per heavy atom. The second-order valence-electron chi connectivity index (χ2n) is 4.72. The number of benzene rings is 1. The molecule has 3 rings (SSSR count). The van der Waals surface area contributed by atoms with Crippen LogP contribution in [0.5, 0.6) is 0 Å². The van der Waals surface area contributed by atoms with E-state index >= 15 is 0 Å². The van der Waals surface area contributed by atoms with Gasteiger partial charge >= 0.3 is 5.97 Å². The normalized spacial score (nSPS) is 10.5. The van der Waals surface area contributed by atoms with Gasteiger partial charge < -0.3 is 14.5 Å². The summed E-state index contributed by atoms with van der Waals surface area (Å²) in [4.78, 5) is 35.4. The smallest absolute Gasteiger partial charge is 0.327 e. The van der Waals surface area contributed by atoms with Crippen molar-refractivity contribution in [3.8, 4) is 0 Å². The fourth-order valence-corrected chi connectivity index (χ4v) is 1.94. The molecular formula is C15H12N4O5. The molecule has 1 N–H and O–H groups in total. The van der Waals surface area contributed by atoms with Crippen molar-refractivity contribution in [3.05, 3.63) is 58.8 Å². The van der Waals surface area contributed by atoms with Crippen LogP contribution in [0.15, 0.2) is 51.9 Å². The first kappa shape index (κ1) is 15.4. The van der Waals surface area contributed by atoms with Gasteiger partial charge in [-0.15, -0.1) is 5.10 Å². The number of nitrogens with one attached hydrogen (secondary N) is 1. The van der Waals surface area contributed by atoms with Gasteiger partial charge in [0.25, 0.3) is 11.5 Å². The van der Waals surface area contributed by atoms with Gasteiger partial charge in [0, 0.05) is 0 Å². The van der Waals surface area contributed by atoms with Gasteiger partial charge in [0.15, 0.2) is 12.5 Å². The lowest BCUT2D eigenvalue weighted by Gasteiger charge is -2.07. The van der Waals surface area contributed by atoms with E-state index in [1.807, 2.05) is 0 Å². The van der Waals surface area contributed by atoms with Crippen molar-refractivity contribution < 1.29 is 18.7 Å². The van der Waals surface area contributed by atoms with Crippen LogP contribution >= 0.6 is 0 Å². The van der Waals surface area contributed by atoms with Crippen LogP contribution in [0.4, 0.5) is 0 Å². The molecule has 0 spiro atoms. The average Bonchev–Trinajstić information content (AvgIpc) is 3.14. The minimum atomic E-state index is -0.725. The summed E-state index contributed by atoms with van der Waals surface area (Å²) < 4.78 is 10.7. The van der Waals surface area contributed by atoms with Crippen LogP contribution in [0.2, 0.25) is 0 Å². The van der Waals surface area contributed by atoms with Gasteiger partial charge in [0.05, 0.1) is 11.6 Å². The summed E-state index contributed by atoms with van der Waals surface area (Å²) in [5.41, 5.74) is 0.0313. The molecule has 0 atom stereocenters. The Hall–Kier alpha value is -3.49. The highest BCUT2D eigenvalue weighted by Gasteiger charge is 2.12. The van der Waals surface area contributed by atoms with E-state index < -0.39 is 24.2 Å². The number of esters is 1. The van der Waals surface area contributed by atoms with Gasteiger partial charge in [-0.2, -0.15) is 4.68 Å². The fraction of sp³-hybridized carbons (Fsp3) is 0.133. The van der Waals surface area contributed by atoms with Crippen LogP contribution in [0, 0.1) is 0 Å². The summed E-state index contributed by atoms with van der Waals surface area (Å²) in [7, 11) is 0. The number of aromatic nitrogens is 3. The fourth-order valence-electron chi connectivity index (χ4n) is 1.94. The maximum atomic E-state index is 12.1. The number of hydrogen-bond acceptors (Lipinski definition) is 7. The van der Waals surface area contributed by atoms with E-state index in [1.165, 1.54) is 12.3 Å². The first-order chi connectivity index (χ1) is 11.6. The van der Waals surface area contributed by atoms with Gasteiger partial charge in [-0.3, -0.25) is 14.4 Å². The van der Waals surface area contributed by atoms with Crippen LogP contribution in [0.25, 0.3) is 10.9 Å². The zero-order valence-electron chi connectivity index (χ0n) is 12.3. The Balaban J connectivity index is 1.57. The summed E-state index contributed by atoms with van der Waals surface area (Å²) in [6.07, 6.45) is 1.35. The Morgan fingerprint density at radius 2 is 2.04 bits per heavy atom. The van der Waals surface area contributed by atoms with Gasteiger partial charge in [-0.1, -0.05) is 17.3 Å². The molecule has 2 heterocycles. The first-order valence-corrected chi connectivity index (χ1v) is 6.95. The Kier molecular flexibility index (Phi) is 4.32. The van der Waals surface area contributed by atoms with Crippen molar-refractivity contribution in [2.24, 2.45) is 0 Å². The van der Waals surface area contributed by atoms with E-state index in [0.717, 1.165) is 4.68 Å². The standard InChI is InChI=1S/C15H12N4O5/c20-13(8-16-14(21)12-6-3-7-23-12)24-9-19-15(22)10-4-1-2-5-11(10)17-18-19/h1-7H,8-9H2,(H,16,21). The van der Waals surface area contributed by atoms with E-state index in [0.29, 0.717) is 10.9 Å². The highest BCUT2D eigenvalue weighted by Crippen LogP contribution is 2.03. The molecule has 0 fully saturated rings. The number of ether oxygens (including phenoxy) is 1. The lowest BCUT2D eigenvalue weighted by Crippen LogP contribution is -2.32. The van der Waals surface area contributed by atoms with Crippen molar-refractivity contribution in [1.29, 1.82) is 0 Å². The molecule has 2 aromatic heterocycles. The lowest BCUT2D eigenvalue weighted by molar-refractivity contribution is -0.146. The first-order valence-electron chi connectivity index (χ1n) is 6.95. The molecule has 0 aliphatic rings. The van der Waals surface area contributed by atoms with Crippen molar-refractivity contribution >= 4 is 22.8 Å². The Bertz CT molecular complexity index is 932. The van der Waals surface area contributed by atoms with Gasteiger partial charge in [0.2, 0.25) is 0 Å². The Labute approximate surface area is 134 Å². The second kappa shape index (κ2) is 6.73. The van der Waals surface area contributed by atoms with E-state index in [4.69, 9.17) is 9.15 Å². The molecule has 122 valence electrons. The Morgan fingerprint density at radius 3 is 2.83 bits per heavy atom. The predicted molar refractivity (Wildman–Crippen MR) is 80.9 cm³/mol. The van der Waals surface area contributed by atoms with Crippen molar-refractivity contribution in [3.63, 3.8) is 0 Å². The summed E-state index contributed by atoms with van der Waals surface area (Å²) in [5.74, 6) is -1.18. The van der Waals surface area contributed by atoms with Crippen LogP contribution in [-0.2, 0) is 16.3 Å². The third-order valence-electron chi connectivity index (χ3n) is 3.12. The summed E-state index contributed by atoms with van der Waals surface area (Å²) in [6, 6.07) is 9.72. The number of rotatable bonds is 5. The maximum absolute atomic E-state index is 12.1. The average molecular weight is 328 g/mol. The van der Waals surface area contributed by atoms with Crippen molar-refractivity contribution in [2.75, 3.05) is 6.54 Å². The van der Waals surface area contributed by atoms with Crippen molar-refractivity contribution in [1.82, 2.24) is 20.3 Å². The molecule has 0 radical (unpaired) electrons. The van der Waals surface area contributed by atoms with Gasteiger partial charge in [-0.25, -0.2) is 0 Å². The number of fused-ring (bicyclic) bond motifs is 1. The molecule has 0 bridgehead atoms. The molecule has 0 aliphatic carbocycles. The monoisotopic (exact) mass is 328 g/mol. The maximum Gasteiger partial charge on any atom is 0.327 e. The summed E-state index contributed by atoms with van der Waals surface area (Å²) >= 11 is 0. The van der Waals surface area contributed by atoms with E-state index in [1.54, 1.807) is 30.3 Å². The number of carbonyl (C=O) groups is 2. The van der Waals surface area contributed by atoms with Crippen LogP contribution in [-0.4, -0.2) is 33.4 Å². The molecule has 24 heavy (non-hydrogen) atoms. The largest absolute Gasteiger partial charge is 0.459 e. The van der Waals surface area contributed by atoms with Crippen LogP contribution in [0.3, 0.4) is 0 Å². The molecule has 0 unspecified atom stereocenters. The lowest BCUT2D eigenvalue weighted by atomic mass is 10.2. The summed E-state index contributed by atoms with van der Waals surface area (Å²) in [5, 5.41) is 10.3. The van der Waals surface area contributed by atoms with Crippen molar-refractivity contribution in [2.45, 2.75) is 6.73 Å². The van der Waals surface area contributed by atoms with E-state index in [2.05, 4.69) is 15.6 Å². The van der Waals surface area contributed by atoms with Gasteiger partial charge in [0.1, 0.15) is 12.1 Å². The highest BCUT2D eigenvalue weighted by molar-refractivity contribution is 5.93. The number of carbonyl (C=O) groups excluding carboxylic acids is 2. The molecular weight excluding hydrogens is 316 g/mol. The number of furan rings is 1. The molecule has 9 heteroatoms. The van der Waals surface area contributed by atoms with E-state index in [9.17, 15) is 14.4 Å². The molecule has 9 nitrogen and oxygen atoms in total. The minimum Gasteiger partial charge on any atom is -0.459 e. The molecule has 1 amide bonds. The summed E-state index contributed by atoms with van der Waals surface area (Å²) in [6.45, 7) is -0.762. The molecule has 0 aliphatic heterocycles. The minimum absolute atomic E-state index is 0.0828. The third kappa shape index (κ3) is 3.29. The highest BCUT2D eigenvalue weighted by atomic mass is 16.5. The zero-order chi connectivity index (χ0) is 16.9. The number of hydrogen-bond donors (Lipinski definition) is 1. The number of nitrogens with zero attached hydrogens (tertiary/aromatic N) is 3. The van der Waals surface area contributed by atoms with Crippen LogP contribution < -0.4 is 10.9 Å². The quantitative estimate of drug-likeness (QED) is 0.670. The third-order valence-corrected chi connectivity index (χ3v) is 3.12. The topological polar surface area (TPSA) is 116 Å². The zero-order valence-corrected chi connectivity index (χ0v) is 12.3. The molecule has 1 aromatic carbocycles. The van der Waals surface area contributed by atoms with Crippen LogP contribution in [0.1, 0.15) is 10.6 Å². The SMILES string of the molecule is O=C(CNC(=O)c1ccco1)OCn1nnc2ccccc2c1=O.